The van der Waals surface area contributed by atoms with Gasteiger partial charge in [0.05, 0.1) is 5.54 Å². The van der Waals surface area contributed by atoms with Crippen LogP contribution in [0.4, 0.5) is 4.79 Å². The van der Waals surface area contributed by atoms with Gasteiger partial charge in [-0.15, -0.1) is 0 Å². The van der Waals surface area contributed by atoms with E-state index in [0.717, 1.165) is 22.9 Å². The summed E-state index contributed by atoms with van der Waals surface area (Å²) in [6, 6.07) is 8.04. The summed E-state index contributed by atoms with van der Waals surface area (Å²) in [6.45, 7) is 9.60. The summed E-state index contributed by atoms with van der Waals surface area (Å²) in [5.74, 6) is 0. The van der Waals surface area contributed by atoms with E-state index in [1.165, 1.54) is 0 Å². The Labute approximate surface area is 130 Å². The van der Waals surface area contributed by atoms with Gasteiger partial charge < -0.3 is 10.1 Å². The lowest BCUT2D eigenvalue weighted by molar-refractivity contribution is 0.0495. The molecule has 1 aromatic rings. The number of halogens is 1. The van der Waals surface area contributed by atoms with E-state index in [9.17, 15) is 4.79 Å². The van der Waals surface area contributed by atoms with E-state index < -0.39 is 5.60 Å². The second kappa shape index (κ2) is 6.61. The predicted molar refractivity (Wildman–Crippen MR) is 85.8 cm³/mol. The Kier molecular flexibility index (Phi) is 5.63. The fourth-order valence-electron chi connectivity index (χ4n) is 1.90. The quantitative estimate of drug-likeness (QED) is 0.822. The van der Waals surface area contributed by atoms with Gasteiger partial charge in [-0.3, -0.25) is 0 Å². The molecule has 0 unspecified atom stereocenters. The zero-order valence-corrected chi connectivity index (χ0v) is 14.5. The molecule has 20 heavy (non-hydrogen) atoms. The van der Waals surface area contributed by atoms with Crippen LogP contribution in [0.5, 0.6) is 0 Å². The third kappa shape index (κ3) is 4.82. The predicted octanol–water partition coefficient (Wildman–Crippen LogP) is 4.99. The number of hydrogen-bond acceptors (Lipinski definition) is 2. The Hall–Kier alpha value is -1.03. The molecule has 1 saturated carbocycles. The maximum Gasteiger partial charge on any atom is 0.408 e. The summed E-state index contributed by atoms with van der Waals surface area (Å²) in [5, 5.41) is 2.99. The lowest BCUT2D eigenvalue weighted by Crippen LogP contribution is -2.39. The first kappa shape index (κ1) is 17.0. The van der Waals surface area contributed by atoms with Gasteiger partial charge in [0.1, 0.15) is 5.60 Å². The van der Waals surface area contributed by atoms with Gasteiger partial charge in [0.15, 0.2) is 0 Å². The van der Waals surface area contributed by atoms with Crippen molar-refractivity contribution in [2.75, 3.05) is 0 Å². The molecule has 0 saturated heterocycles. The lowest BCUT2D eigenvalue weighted by atomic mass is 10.1. The van der Waals surface area contributed by atoms with Crippen LogP contribution in [0, 0.1) is 0 Å². The van der Waals surface area contributed by atoms with Gasteiger partial charge in [0.25, 0.3) is 0 Å². The molecule has 1 aliphatic rings. The molecule has 1 aliphatic carbocycles. The van der Waals surface area contributed by atoms with Crippen LogP contribution < -0.4 is 5.32 Å². The molecule has 3 nitrogen and oxygen atoms in total. The SMILES string of the molecule is CC.CC(C)(C)OC(=O)NC1(c2cccc(Br)c2)CC1. The van der Waals surface area contributed by atoms with Crippen LogP contribution >= 0.6 is 15.9 Å². The van der Waals surface area contributed by atoms with E-state index in [0.29, 0.717) is 0 Å². The van der Waals surface area contributed by atoms with Gasteiger partial charge >= 0.3 is 6.09 Å². The highest BCUT2D eigenvalue weighted by Crippen LogP contribution is 2.46. The summed E-state index contributed by atoms with van der Waals surface area (Å²) in [4.78, 5) is 11.8. The number of ether oxygens (including phenoxy) is 1. The number of benzene rings is 1. The molecule has 0 atom stereocenters. The largest absolute Gasteiger partial charge is 0.444 e. The van der Waals surface area contributed by atoms with Crippen LogP contribution in [0.2, 0.25) is 0 Å². The third-order valence-corrected chi connectivity index (χ3v) is 3.36. The molecule has 0 aliphatic heterocycles. The van der Waals surface area contributed by atoms with Crippen molar-refractivity contribution in [3.05, 3.63) is 34.3 Å². The highest BCUT2D eigenvalue weighted by Gasteiger charge is 2.46. The van der Waals surface area contributed by atoms with Gasteiger partial charge in [-0.05, 0) is 51.3 Å². The highest BCUT2D eigenvalue weighted by molar-refractivity contribution is 9.10. The molecule has 1 N–H and O–H groups in total. The average Bonchev–Trinajstić information content (AvgIpc) is 3.10. The summed E-state index contributed by atoms with van der Waals surface area (Å²) in [6.07, 6.45) is 1.57. The average molecular weight is 342 g/mol. The highest BCUT2D eigenvalue weighted by atomic mass is 79.9. The smallest absolute Gasteiger partial charge is 0.408 e. The second-order valence-corrected chi connectivity index (χ2v) is 6.64. The van der Waals surface area contributed by atoms with Crippen LogP contribution in [0.15, 0.2) is 28.7 Å². The van der Waals surface area contributed by atoms with Gasteiger partial charge in [0.2, 0.25) is 0 Å². The van der Waals surface area contributed by atoms with Crippen LogP contribution in [0.25, 0.3) is 0 Å². The fraction of sp³-hybridized carbons (Fsp3) is 0.562. The molecule has 0 heterocycles. The molecule has 1 aromatic carbocycles. The van der Waals surface area contributed by atoms with E-state index >= 15 is 0 Å². The van der Waals surface area contributed by atoms with E-state index in [2.05, 4.69) is 21.2 Å². The maximum atomic E-state index is 11.8. The number of nitrogens with one attached hydrogen (secondary N) is 1. The normalized spacial score (nSPS) is 15.7. The monoisotopic (exact) mass is 341 g/mol. The minimum Gasteiger partial charge on any atom is -0.444 e. The van der Waals surface area contributed by atoms with Crippen molar-refractivity contribution in [2.45, 2.75) is 58.6 Å². The number of alkyl carbamates (subject to hydrolysis) is 1. The molecule has 112 valence electrons. The van der Waals surface area contributed by atoms with Crippen molar-refractivity contribution in [3.8, 4) is 0 Å². The molecule has 2 rings (SSSR count). The fourth-order valence-corrected chi connectivity index (χ4v) is 2.30. The number of hydrogen-bond donors (Lipinski definition) is 1. The van der Waals surface area contributed by atoms with Crippen molar-refractivity contribution in [2.24, 2.45) is 0 Å². The van der Waals surface area contributed by atoms with E-state index in [1.54, 1.807) is 0 Å². The summed E-state index contributed by atoms with van der Waals surface area (Å²) >= 11 is 3.45. The molecule has 1 fully saturated rings. The Morgan fingerprint density at radius 3 is 2.35 bits per heavy atom. The van der Waals surface area contributed by atoms with Crippen LogP contribution in [-0.2, 0) is 10.3 Å². The van der Waals surface area contributed by atoms with Crippen LogP contribution in [0.3, 0.4) is 0 Å². The van der Waals surface area contributed by atoms with Gasteiger partial charge in [-0.2, -0.15) is 0 Å². The molecule has 0 aromatic heterocycles. The summed E-state index contributed by atoms with van der Waals surface area (Å²) in [7, 11) is 0. The van der Waals surface area contributed by atoms with Gasteiger partial charge in [0, 0.05) is 4.47 Å². The second-order valence-electron chi connectivity index (χ2n) is 5.72. The molecule has 4 heteroatoms. The Morgan fingerprint density at radius 1 is 1.30 bits per heavy atom. The molecular formula is C16H24BrNO2. The van der Waals surface area contributed by atoms with Crippen molar-refractivity contribution < 1.29 is 9.53 Å². The molecule has 0 spiro atoms. The first-order valence-corrected chi connectivity index (χ1v) is 7.87. The number of carbonyl (C=O) groups excluding carboxylic acids is 1. The zero-order valence-electron chi connectivity index (χ0n) is 12.9. The Morgan fingerprint density at radius 2 is 1.90 bits per heavy atom. The molecule has 1 amide bonds. The number of amides is 1. The lowest BCUT2D eigenvalue weighted by Gasteiger charge is -2.23. The summed E-state index contributed by atoms with van der Waals surface area (Å²) < 4.78 is 6.33. The molecule has 0 radical (unpaired) electrons. The zero-order chi connectivity index (χ0) is 15.4. The number of carbonyl (C=O) groups is 1. The number of rotatable bonds is 2. The van der Waals surface area contributed by atoms with E-state index in [-0.39, 0.29) is 11.6 Å². The van der Waals surface area contributed by atoms with E-state index in [4.69, 9.17) is 4.74 Å². The van der Waals surface area contributed by atoms with Gasteiger partial charge in [-0.1, -0.05) is 41.9 Å². The van der Waals surface area contributed by atoms with Crippen LogP contribution in [0.1, 0.15) is 53.0 Å². The molecule has 0 bridgehead atoms. The van der Waals surface area contributed by atoms with Crippen LogP contribution in [-0.4, -0.2) is 11.7 Å². The van der Waals surface area contributed by atoms with Crippen molar-refractivity contribution in [1.29, 1.82) is 0 Å². The Balaban J connectivity index is 0.000000956. The first-order chi connectivity index (χ1) is 9.31. The van der Waals surface area contributed by atoms with Crippen molar-refractivity contribution >= 4 is 22.0 Å². The minimum atomic E-state index is -0.461. The standard InChI is InChI=1S/C14H18BrNO2.C2H6/c1-13(2,3)18-12(17)16-14(7-8-14)10-5-4-6-11(15)9-10;1-2/h4-6,9H,7-8H2,1-3H3,(H,16,17);1-2H3. The van der Waals surface area contributed by atoms with E-state index in [1.807, 2.05) is 58.9 Å². The third-order valence-electron chi connectivity index (χ3n) is 2.87. The first-order valence-electron chi connectivity index (χ1n) is 7.08. The molecular weight excluding hydrogens is 318 g/mol. The topological polar surface area (TPSA) is 38.3 Å². The summed E-state index contributed by atoms with van der Waals surface area (Å²) in [5.41, 5.74) is 0.437. The Bertz CT molecular complexity index is 462. The van der Waals surface area contributed by atoms with Gasteiger partial charge in [-0.25, -0.2) is 4.79 Å². The van der Waals surface area contributed by atoms with Crippen molar-refractivity contribution in [1.82, 2.24) is 5.32 Å². The minimum absolute atomic E-state index is 0.230. The van der Waals surface area contributed by atoms with Crippen molar-refractivity contribution in [3.63, 3.8) is 0 Å². The maximum absolute atomic E-state index is 11.8.